The highest BCUT2D eigenvalue weighted by atomic mass is 35.5. The lowest BCUT2D eigenvalue weighted by molar-refractivity contribution is -0.275. The Bertz CT molecular complexity index is 1340. The Morgan fingerprint density at radius 3 is 2.31 bits per heavy atom. The van der Waals surface area contributed by atoms with Crippen LogP contribution in [0.4, 0.5) is 22.0 Å². The van der Waals surface area contributed by atoms with Gasteiger partial charge >= 0.3 is 6.18 Å². The minimum Gasteiger partial charge on any atom is -0.374 e. The normalized spacial score (nSPS) is 21.6. The molecule has 1 atom stereocenters. The first-order valence-electron chi connectivity index (χ1n) is 10.1. The Morgan fingerprint density at radius 2 is 1.81 bits per heavy atom. The summed E-state index contributed by atoms with van der Waals surface area (Å²) in [5.74, 6) is -2.57. The number of hydrogen-bond donors (Lipinski definition) is 0. The summed E-state index contributed by atoms with van der Waals surface area (Å²) in [6.45, 7) is -0.831. The Labute approximate surface area is 211 Å². The minimum atomic E-state index is -4.99. The van der Waals surface area contributed by atoms with Crippen LogP contribution in [0.5, 0.6) is 0 Å². The fraction of sp³-hybridized carbons (Fsp3) is 0.381. The van der Waals surface area contributed by atoms with Gasteiger partial charge in [0.15, 0.2) is 21.3 Å². The average molecular weight is 572 g/mol. The molecule has 2 aliphatic heterocycles. The van der Waals surface area contributed by atoms with Crippen LogP contribution in [0.15, 0.2) is 35.6 Å². The zero-order valence-electron chi connectivity index (χ0n) is 18.2. The number of benzene rings is 1. The van der Waals surface area contributed by atoms with Gasteiger partial charge in [0, 0.05) is 23.6 Å². The number of amides is 1. The number of likely N-dealkylation sites (tertiary alicyclic amines) is 1. The Hall–Kier alpha value is -2.51. The van der Waals surface area contributed by atoms with Crippen LogP contribution in [0.1, 0.15) is 23.2 Å². The summed E-state index contributed by atoms with van der Waals surface area (Å²) in [5.41, 5.74) is -5.72. The zero-order valence-corrected chi connectivity index (χ0v) is 20.6. The maximum atomic E-state index is 15.1. The van der Waals surface area contributed by atoms with E-state index in [1.807, 2.05) is 0 Å². The maximum Gasteiger partial charge on any atom is 0.435 e. The van der Waals surface area contributed by atoms with Crippen molar-refractivity contribution in [1.29, 1.82) is 0 Å². The van der Waals surface area contributed by atoms with Gasteiger partial charge in [0.2, 0.25) is 5.91 Å². The van der Waals surface area contributed by atoms with Gasteiger partial charge in [0.25, 0.3) is 5.60 Å². The summed E-state index contributed by atoms with van der Waals surface area (Å²) < 4.78 is 93.8. The van der Waals surface area contributed by atoms with Crippen LogP contribution >= 0.6 is 23.2 Å². The van der Waals surface area contributed by atoms with Crippen LogP contribution in [0.2, 0.25) is 10.0 Å². The third kappa shape index (κ3) is 4.75. The number of aromatic nitrogens is 1. The quantitative estimate of drug-likeness (QED) is 0.397. The van der Waals surface area contributed by atoms with Crippen LogP contribution < -0.4 is 0 Å². The zero-order chi connectivity index (χ0) is 26.7. The van der Waals surface area contributed by atoms with E-state index in [0.29, 0.717) is 0 Å². The van der Waals surface area contributed by atoms with Crippen LogP contribution in [-0.4, -0.2) is 61.2 Å². The second-order valence-electron chi connectivity index (χ2n) is 8.60. The van der Waals surface area contributed by atoms with Crippen molar-refractivity contribution >= 4 is 44.7 Å². The first-order chi connectivity index (χ1) is 16.5. The number of sulfone groups is 1. The number of halogens is 7. The van der Waals surface area contributed by atoms with Gasteiger partial charge in [0.1, 0.15) is 5.75 Å². The Balaban J connectivity index is 1.52. The summed E-state index contributed by atoms with van der Waals surface area (Å²) >= 11 is 11.4. The molecule has 0 aliphatic carbocycles. The Kier molecular flexibility index (Phi) is 6.49. The molecule has 0 spiro atoms. The number of pyridine rings is 1. The van der Waals surface area contributed by atoms with E-state index in [2.05, 4.69) is 10.1 Å². The van der Waals surface area contributed by atoms with E-state index in [1.54, 1.807) is 0 Å². The van der Waals surface area contributed by atoms with Crippen LogP contribution in [0, 0.1) is 5.82 Å². The summed E-state index contributed by atoms with van der Waals surface area (Å²) in [4.78, 5) is 21.8. The number of carbonyl (C=O) groups excluding carboxylic acids is 1. The number of carbonyl (C=O) groups is 1. The fourth-order valence-electron chi connectivity index (χ4n) is 3.89. The van der Waals surface area contributed by atoms with E-state index in [9.17, 15) is 30.8 Å². The Morgan fingerprint density at radius 1 is 1.19 bits per heavy atom. The maximum absolute atomic E-state index is 15.1. The van der Waals surface area contributed by atoms with Gasteiger partial charge in [-0.15, -0.1) is 0 Å². The summed E-state index contributed by atoms with van der Waals surface area (Å²) in [6, 6.07) is 4.05. The monoisotopic (exact) mass is 571 g/mol. The molecule has 0 bridgehead atoms. The number of rotatable bonds is 5. The molecule has 0 saturated carbocycles. The molecule has 0 N–H and O–H groups in total. The number of nitrogens with zero attached hydrogens (tertiary/aromatic N) is 3. The SMILES string of the molecule is CS(=O)(=O)CC(=O)N1CC(F)(c2ccc(C3=NOC(c4cc(Cl)c(F)c(Cl)c4)(C(F)(F)F)C3)cn2)C1. The molecule has 36 heavy (non-hydrogen) atoms. The number of hydrogen-bond acceptors (Lipinski definition) is 6. The predicted molar refractivity (Wildman–Crippen MR) is 120 cm³/mol. The number of oxime groups is 1. The van der Waals surface area contributed by atoms with Crippen LogP contribution in [-0.2, 0) is 30.7 Å². The van der Waals surface area contributed by atoms with E-state index in [1.165, 1.54) is 12.1 Å². The summed E-state index contributed by atoms with van der Waals surface area (Å²) in [6.07, 6.45) is -3.82. The highest BCUT2D eigenvalue weighted by Gasteiger charge is 2.62. The number of alkyl halides is 4. The van der Waals surface area contributed by atoms with E-state index < -0.39 is 79.9 Å². The molecule has 1 aromatic heterocycles. The average Bonchev–Trinajstić information content (AvgIpc) is 3.21. The van der Waals surface area contributed by atoms with E-state index in [-0.39, 0.29) is 17.0 Å². The lowest BCUT2D eigenvalue weighted by Gasteiger charge is -2.43. The minimum absolute atomic E-state index is 0.0895. The van der Waals surface area contributed by atoms with Crippen molar-refractivity contribution in [3.05, 3.63) is 63.1 Å². The van der Waals surface area contributed by atoms with Crippen LogP contribution in [0.25, 0.3) is 0 Å². The van der Waals surface area contributed by atoms with Crippen LogP contribution in [0.3, 0.4) is 0 Å². The van der Waals surface area contributed by atoms with E-state index >= 15 is 4.39 Å². The molecule has 3 heterocycles. The van der Waals surface area contributed by atoms with Crippen molar-refractivity contribution in [1.82, 2.24) is 9.88 Å². The summed E-state index contributed by atoms with van der Waals surface area (Å²) in [7, 11) is -3.58. The van der Waals surface area contributed by atoms with E-state index in [0.717, 1.165) is 29.5 Å². The van der Waals surface area contributed by atoms with E-state index in [4.69, 9.17) is 28.0 Å². The van der Waals surface area contributed by atoms with Crippen molar-refractivity contribution in [3.8, 4) is 0 Å². The smallest absolute Gasteiger partial charge is 0.374 e. The topological polar surface area (TPSA) is 88.9 Å². The molecule has 4 rings (SSSR count). The van der Waals surface area contributed by atoms with Gasteiger partial charge < -0.3 is 9.74 Å². The molecule has 1 aromatic carbocycles. The van der Waals surface area contributed by atoms with Gasteiger partial charge in [-0.25, -0.2) is 17.2 Å². The molecule has 1 amide bonds. The highest BCUT2D eigenvalue weighted by Crippen LogP contribution is 2.50. The standard InChI is InChI=1S/C21H16Cl2F5N3O4S/c1-36(33,34)8-17(32)31-9-19(25,10-31)16-3-2-11(7-29-16)15-6-20(35-30-15,21(26,27)28)12-4-13(22)18(24)14(23)5-12/h2-5,7H,6,8-10H2,1H3. The second kappa shape index (κ2) is 8.80. The predicted octanol–water partition coefficient (Wildman–Crippen LogP) is 4.16. The van der Waals surface area contributed by atoms with Gasteiger partial charge in [-0.2, -0.15) is 13.2 Å². The van der Waals surface area contributed by atoms with Crippen molar-refractivity contribution in [2.75, 3.05) is 25.1 Å². The molecule has 2 aliphatic rings. The molecule has 0 radical (unpaired) electrons. The lowest BCUT2D eigenvalue weighted by Crippen LogP contribution is -2.60. The molecule has 1 saturated heterocycles. The molecular formula is C21H16Cl2F5N3O4S. The third-order valence-corrected chi connectivity index (χ3v) is 7.13. The first kappa shape index (κ1) is 26.6. The fourth-order valence-corrected chi connectivity index (χ4v) is 5.01. The van der Waals surface area contributed by atoms with Crippen molar-refractivity contribution in [3.63, 3.8) is 0 Å². The molecule has 194 valence electrons. The first-order valence-corrected chi connectivity index (χ1v) is 12.9. The van der Waals surface area contributed by atoms with Gasteiger partial charge in [0.05, 0.1) is 41.0 Å². The summed E-state index contributed by atoms with van der Waals surface area (Å²) in [5, 5.41) is 2.31. The molecule has 2 aromatic rings. The largest absolute Gasteiger partial charge is 0.435 e. The van der Waals surface area contributed by atoms with Gasteiger partial charge in [-0.05, 0) is 24.3 Å². The second-order valence-corrected chi connectivity index (χ2v) is 11.6. The van der Waals surface area contributed by atoms with Gasteiger partial charge in [-0.1, -0.05) is 28.4 Å². The molecule has 1 unspecified atom stereocenters. The molecule has 1 fully saturated rings. The molecule has 7 nitrogen and oxygen atoms in total. The van der Waals surface area contributed by atoms with Crippen molar-refractivity contribution in [2.45, 2.75) is 23.9 Å². The van der Waals surface area contributed by atoms with Crippen molar-refractivity contribution < 1.29 is 40.0 Å². The molecular weight excluding hydrogens is 556 g/mol. The lowest BCUT2D eigenvalue weighted by atomic mass is 9.86. The third-order valence-electron chi connectivity index (χ3n) is 5.81. The van der Waals surface area contributed by atoms with Crippen molar-refractivity contribution in [2.24, 2.45) is 5.16 Å². The molecule has 15 heteroatoms. The highest BCUT2D eigenvalue weighted by molar-refractivity contribution is 7.91. The van der Waals surface area contributed by atoms with Gasteiger partial charge in [-0.3, -0.25) is 9.78 Å².